The van der Waals surface area contributed by atoms with Crippen LogP contribution in [0, 0.1) is 0 Å². The maximum atomic E-state index is 12.8. The molecule has 1 aromatic carbocycles. The van der Waals surface area contributed by atoms with Crippen LogP contribution in [0.1, 0.15) is 31.2 Å². The molecule has 0 aliphatic heterocycles. The van der Waals surface area contributed by atoms with Gasteiger partial charge >= 0.3 is 5.97 Å². The fraction of sp³-hybridized carbons (Fsp3) is 0.471. The summed E-state index contributed by atoms with van der Waals surface area (Å²) < 4.78 is 4.57. The molecule has 0 heterocycles. The SMILES string of the molecule is O=COCC[C@H](N[C@@]1(c2ccccc2Cl)CCC[C@@H](O)C1=O)C(=O)O. The second-order valence-corrected chi connectivity index (χ2v) is 6.36. The molecule has 1 aromatic rings. The Bertz CT molecular complexity index is 652. The predicted molar refractivity (Wildman–Crippen MR) is 89.2 cm³/mol. The van der Waals surface area contributed by atoms with Crippen LogP contribution in [0.3, 0.4) is 0 Å². The van der Waals surface area contributed by atoms with Gasteiger partial charge in [0.25, 0.3) is 6.47 Å². The first-order valence-corrected chi connectivity index (χ1v) is 8.33. The van der Waals surface area contributed by atoms with Gasteiger partial charge in [-0.25, -0.2) is 0 Å². The van der Waals surface area contributed by atoms with E-state index in [1.807, 2.05) is 0 Å². The number of ketones is 1. The van der Waals surface area contributed by atoms with Crippen LogP contribution in [0.5, 0.6) is 0 Å². The zero-order chi connectivity index (χ0) is 18.4. The first-order valence-electron chi connectivity index (χ1n) is 7.95. The lowest BCUT2D eigenvalue weighted by atomic mass is 9.73. The summed E-state index contributed by atoms with van der Waals surface area (Å²) in [6.45, 7) is 0.126. The summed E-state index contributed by atoms with van der Waals surface area (Å²) in [5.41, 5.74) is -0.969. The van der Waals surface area contributed by atoms with Gasteiger partial charge in [-0.15, -0.1) is 0 Å². The molecule has 3 atom stereocenters. The normalized spacial score (nSPS) is 24.6. The number of benzene rings is 1. The first-order chi connectivity index (χ1) is 11.9. The fourth-order valence-corrected chi connectivity index (χ4v) is 3.48. The van der Waals surface area contributed by atoms with Crippen LogP contribution in [0.25, 0.3) is 0 Å². The average Bonchev–Trinajstić information content (AvgIpc) is 2.58. The van der Waals surface area contributed by atoms with Crippen molar-refractivity contribution in [3.05, 3.63) is 34.9 Å². The molecule has 0 bridgehead atoms. The second-order valence-electron chi connectivity index (χ2n) is 5.95. The number of aliphatic hydroxyl groups is 1. The number of Topliss-reactive ketones (excluding diaryl/α,β-unsaturated/α-hetero) is 1. The van der Waals surface area contributed by atoms with Crippen molar-refractivity contribution in [1.29, 1.82) is 0 Å². The quantitative estimate of drug-likeness (QED) is 0.467. The molecule has 1 saturated carbocycles. The number of aliphatic carboxylic acids is 1. The Morgan fingerprint density at radius 3 is 2.84 bits per heavy atom. The van der Waals surface area contributed by atoms with Crippen molar-refractivity contribution in [3.8, 4) is 0 Å². The summed E-state index contributed by atoms with van der Waals surface area (Å²) in [6.07, 6.45) is -0.0616. The lowest BCUT2D eigenvalue weighted by Gasteiger charge is -2.41. The molecule has 136 valence electrons. The van der Waals surface area contributed by atoms with Gasteiger partial charge in [0.05, 0.1) is 6.61 Å². The predicted octanol–water partition coefficient (Wildman–Crippen LogP) is 1.26. The zero-order valence-corrected chi connectivity index (χ0v) is 14.2. The van der Waals surface area contributed by atoms with Crippen molar-refractivity contribution < 1.29 is 29.3 Å². The summed E-state index contributed by atoms with van der Waals surface area (Å²) in [7, 11) is 0. The molecule has 0 amide bonds. The molecule has 1 aliphatic carbocycles. The number of rotatable bonds is 8. The van der Waals surface area contributed by atoms with Crippen molar-refractivity contribution in [3.63, 3.8) is 0 Å². The van der Waals surface area contributed by atoms with E-state index in [0.717, 1.165) is 0 Å². The molecule has 0 unspecified atom stereocenters. The van der Waals surface area contributed by atoms with Crippen LogP contribution in [0.2, 0.25) is 5.02 Å². The van der Waals surface area contributed by atoms with Crippen molar-refractivity contribution in [2.75, 3.05) is 6.61 Å². The molecule has 3 N–H and O–H groups in total. The minimum Gasteiger partial charge on any atom is -0.480 e. The smallest absolute Gasteiger partial charge is 0.320 e. The molecular formula is C17H20ClNO6. The number of hydrogen-bond acceptors (Lipinski definition) is 6. The third kappa shape index (κ3) is 4.18. The Kier molecular flexibility index (Phi) is 6.52. The van der Waals surface area contributed by atoms with Crippen LogP contribution >= 0.6 is 11.6 Å². The molecule has 0 radical (unpaired) electrons. The maximum Gasteiger partial charge on any atom is 0.320 e. The Balaban J connectivity index is 2.41. The molecule has 7 nitrogen and oxygen atoms in total. The van der Waals surface area contributed by atoms with Gasteiger partial charge in [0, 0.05) is 11.4 Å². The van der Waals surface area contributed by atoms with Crippen LogP contribution in [-0.2, 0) is 24.7 Å². The Labute approximate surface area is 149 Å². The highest BCUT2D eigenvalue weighted by atomic mass is 35.5. The van der Waals surface area contributed by atoms with Crippen LogP contribution in [0.15, 0.2) is 24.3 Å². The van der Waals surface area contributed by atoms with E-state index in [1.54, 1.807) is 24.3 Å². The van der Waals surface area contributed by atoms with Gasteiger partial charge in [0.2, 0.25) is 0 Å². The van der Waals surface area contributed by atoms with E-state index < -0.39 is 29.4 Å². The van der Waals surface area contributed by atoms with Gasteiger partial charge in [-0.3, -0.25) is 19.7 Å². The van der Waals surface area contributed by atoms with Gasteiger partial charge in [-0.2, -0.15) is 0 Å². The van der Waals surface area contributed by atoms with E-state index in [4.69, 9.17) is 11.6 Å². The number of hydrogen-bond donors (Lipinski definition) is 3. The van der Waals surface area contributed by atoms with Gasteiger partial charge < -0.3 is 14.9 Å². The van der Waals surface area contributed by atoms with E-state index in [1.165, 1.54) is 0 Å². The number of ether oxygens (including phenoxy) is 1. The third-order valence-electron chi connectivity index (χ3n) is 4.40. The summed E-state index contributed by atoms with van der Waals surface area (Å²) >= 11 is 6.26. The highest BCUT2D eigenvalue weighted by molar-refractivity contribution is 6.31. The van der Waals surface area contributed by atoms with E-state index in [2.05, 4.69) is 10.1 Å². The molecule has 0 aromatic heterocycles. The molecule has 1 aliphatic rings. The fourth-order valence-electron chi connectivity index (χ4n) is 3.18. The largest absolute Gasteiger partial charge is 0.480 e. The monoisotopic (exact) mass is 369 g/mol. The minimum absolute atomic E-state index is 0.0242. The van der Waals surface area contributed by atoms with Crippen molar-refractivity contribution in [2.24, 2.45) is 0 Å². The van der Waals surface area contributed by atoms with Gasteiger partial charge in [-0.05, 0) is 30.9 Å². The van der Waals surface area contributed by atoms with Crippen LogP contribution < -0.4 is 5.32 Å². The standard InChI is InChI=1S/C17H20ClNO6/c18-12-5-2-1-4-11(12)17(8-3-6-14(21)15(17)22)19-13(16(23)24)7-9-25-10-20/h1-2,4-5,10,13-14,19,21H,3,6-9H2,(H,23,24)/t13-,14+,17+/m0/s1. The summed E-state index contributed by atoms with van der Waals surface area (Å²) in [6, 6.07) is 5.51. The summed E-state index contributed by atoms with van der Waals surface area (Å²) in [4.78, 5) is 34.7. The van der Waals surface area contributed by atoms with E-state index in [0.29, 0.717) is 29.8 Å². The maximum absolute atomic E-state index is 12.8. The molecule has 0 saturated heterocycles. The van der Waals surface area contributed by atoms with Gasteiger partial charge in [0.15, 0.2) is 5.78 Å². The molecule has 8 heteroatoms. The second kappa shape index (κ2) is 8.42. The number of carbonyl (C=O) groups is 3. The highest BCUT2D eigenvalue weighted by Crippen LogP contribution is 2.38. The third-order valence-corrected chi connectivity index (χ3v) is 4.73. The van der Waals surface area contributed by atoms with Crippen molar-refractivity contribution in [1.82, 2.24) is 5.32 Å². The Hall–Kier alpha value is -1.96. The number of aliphatic hydroxyl groups excluding tert-OH is 1. The number of carboxylic acids is 1. The van der Waals surface area contributed by atoms with Crippen molar-refractivity contribution >= 4 is 29.8 Å². The summed E-state index contributed by atoms with van der Waals surface area (Å²) in [5.74, 6) is -1.69. The lowest BCUT2D eigenvalue weighted by molar-refractivity contribution is -0.145. The molecule has 2 rings (SSSR count). The van der Waals surface area contributed by atoms with Gasteiger partial charge in [-0.1, -0.05) is 29.8 Å². The number of carboxylic acid groups (broad SMARTS) is 1. The Morgan fingerprint density at radius 2 is 2.20 bits per heavy atom. The Morgan fingerprint density at radius 1 is 1.48 bits per heavy atom. The highest BCUT2D eigenvalue weighted by Gasteiger charge is 2.48. The average molecular weight is 370 g/mol. The number of halogens is 1. The summed E-state index contributed by atoms with van der Waals surface area (Å²) in [5, 5.41) is 22.7. The number of carbonyl (C=O) groups excluding carboxylic acids is 2. The van der Waals surface area contributed by atoms with E-state index >= 15 is 0 Å². The van der Waals surface area contributed by atoms with E-state index in [-0.39, 0.29) is 19.5 Å². The van der Waals surface area contributed by atoms with Gasteiger partial charge in [0.1, 0.15) is 17.7 Å². The van der Waals surface area contributed by atoms with E-state index in [9.17, 15) is 24.6 Å². The topological polar surface area (TPSA) is 113 Å². The first kappa shape index (κ1) is 19.4. The van der Waals surface area contributed by atoms with Crippen molar-refractivity contribution in [2.45, 2.75) is 43.4 Å². The molecule has 1 fully saturated rings. The zero-order valence-electron chi connectivity index (χ0n) is 13.5. The molecule has 25 heavy (non-hydrogen) atoms. The minimum atomic E-state index is -1.40. The molecule has 0 spiro atoms. The lowest BCUT2D eigenvalue weighted by Crippen LogP contribution is -2.60. The van der Waals surface area contributed by atoms with Crippen LogP contribution in [-0.4, -0.2) is 47.2 Å². The number of nitrogens with one attached hydrogen (secondary N) is 1. The molecular weight excluding hydrogens is 350 g/mol. The van der Waals surface area contributed by atoms with Crippen LogP contribution in [0.4, 0.5) is 0 Å².